The van der Waals surface area contributed by atoms with Crippen LogP contribution in [0.15, 0.2) is 40.8 Å². The van der Waals surface area contributed by atoms with Gasteiger partial charge in [-0.15, -0.1) is 0 Å². The van der Waals surface area contributed by atoms with Crippen LogP contribution in [0.4, 0.5) is 0 Å². The standard InChI is InChI=1S/C15H18O2/c1-10(2)12-5-7-13(8-6-12)15(16)14-9-4-11(3)17-14/h4-10,15-16H,1-3H3/t15-/m0/s1. The van der Waals surface area contributed by atoms with Crippen LogP contribution in [0.2, 0.25) is 0 Å². The van der Waals surface area contributed by atoms with Gasteiger partial charge in [-0.3, -0.25) is 0 Å². The van der Waals surface area contributed by atoms with Gasteiger partial charge in [0.15, 0.2) is 0 Å². The molecule has 0 aliphatic rings. The summed E-state index contributed by atoms with van der Waals surface area (Å²) >= 11 is 0. The van der Waals surface area contributed by atoms with E-state index in [2.05, 4.69) is 26.0 Å². The van der Waals surface area contributed by atoms with E-state index in [4.69, 9.17) is 4.42 Å². The van der Waals surface area contributed by atoms with E-state index >= 15 is 0 Å². The number of aliphatic hydroxyl groups excluding tert-OH is 1. The zero-order valence-corrected chi connectivity index (χ0v) is 10.5. The summed E-state index contributed by atoms with van der Waals surface area (Å²) in [5.74, 6) is 1.92. The summed E-state index contributed by atoms with van der Waals surface area (Å²) in [5, 5.41) is 10.1. The van der Waals surface area contributed by atoms with E-state index in [1.165, 1.54) is 5.56 Å². The van der Waals surface area contributed by atoms with Gasteiger partial charge in [0, 0.05) is 0 Å². The minimum atomic E-state index is -0.676. The lowest BCUT2D eigenvalue weighted by Gasteiger charge is -2.10. The Morgan fingerprint density at radius 1 is 0.941 bits per heavy atom. The third-order valence-electron chi connectivity index (χ3n) is 2.95. The van der Waals surface area contributed by atoms with Crippen molar-refractivity contribution in [2.45, 2.75) is 32.8 Å². The second kappa shape index (κ2) is 4.76. The van der Waals surface area contributed by atoms with Gasteiger partial charge in [-0.1, -0.05) is 38.1 Å². The maximum Gasteiger partial charge on any atom is 0.137 e. The molecule has 1 N–H and O–H groups in total. The maximum absolute atomic E-state index is 10.1. The van der Waals surface area contributed by atoms with Crippen molar-refractivity contribution in [2.24, 2.45) is 0 Å². The number of aryl methyl sites for hydroxylation is 1. The van der Waals surface area contributed by atoms with Crippen molar-refractivity contribution in [3.8, 4) is 0 Å². The van der Waals surface area contributed by atoms with Gasteiger partial charge in [0.2, 0.25) is 0 Å². The molecule has 0 spiro atoms. The number of aliphatic hydroxyl groups is 1. The Hall–Kier alpha value is -1.54. The maximum atomic E-state index is 10.1. The lowest BCUT2D eigenvalue weighted by molar-refractivity contribution is 0.187. The lowest BCUT2D eigenvalue weighted by Crippen LogP contribution is -1.98. The van der Waals surface area contributed by atoms with Crippen LogP contribution >= 0.6 is 0 Å². The normalized spacial score (nSPS) is 13.0. The first-order chi connectivity index (χ1) is 8.08. The molecular formula is C15H18O2. The van der Waals surface area contributed by atoms with Gasteiger partial charge < -0.3 is 9.52 Å². The van der Waals surface area contributed by atoms with Crippen molar-refractivity contribution >= 4 is 0 Å². The van der Waals surface area contributed by atoms with E-state index in [0.29, 0.717) is 11.7 Å². The number of hydrogen-bond donors (Lipinski definition) is 1. The van der Waals surface area contributed by atoms with Crippen molar-refractivity contribution in [2.75, 3.05) is 0 Å². The molecule has 0 saturated carbocycles. The fourth-order valence-corrected chi connectivity index (χ4v) is 1.83. The van der Waals surface area contributed by atoms with Crippen molar-refractivity contribution in [3.63, 3.8) is 0 Å². The topological polar surface area (TPSA) is 33.4 Å². The second-order valence-electron chi connectivity index (χ2n) is 4.67. The summed E-state index contributed by atoms with van der Waals surface area (Å²) in [4.78, 5) is 0. The lowest BCUT2D eigenvalue weighted by atomic mass is 9.99. The molecule has 1 aromatic heterocycles. The van der Waals surface area contributed by atoms with Gasteiger partial charge in [0.25, 0.3) is 0 Å². The summed E-state index contributed by atoms with van der Waals surface area (Å²) in [5.41, 5.74) is 2.14. The summed E-state index contributed by atoms with van der Waals surface area (Å²) < 4.78 is 5.43. The quantitative estimate of drug-likeness (QED) is 0.870. The number of furan rings is 1. The molecule has 2 heteroatoms. The van der Waals surface area contributed by atoms with Crippen LogP contribution in [-0.4, -0.2) is 5.11 Å². The molecule has 1 atom stereocenters. The van der Waals surface area contributed by atoms with Crippen molar-refractivity contribution in [1.29, 1.82) is 0 Å². The monoisotopic (exact) mass is 230 g/mol. The average Bonchev–Trinajstić information content (AvgIpc) is 2.75. The number of rotatable bonds is 3. The molecule has 0 fully saturated rings. The van der Waals surface area contributed by atoms with E-state index in [9.17, 15) is 5.11 Å². The SMILES string of the molecule is Cc1ccc([C@@H](O)c2ccc(C(C)C)cc2)o1. The summed E-state index contributed by atoms with van der Waals surface area (Å²) in [7, 11) is 0. The molecule has 1 aromatic carbocycles. The molecule has 17 heavy (non-hydrogen) atoms. The summed E-state index contributed by atoms with van der Waals surface area (Å²) in [6.45, 7) is 6.18. The van der Waals surface area contributed by atoms with E-state index in [1.54, 1.807) is 0 Å². The predicted molar refractivity (Wildman–Crippen MR) is 68.0 cm³/mol. The Labute approximate surface area is 102 Å². The van der Waals surface area contributed by atoms with Gasteiger partial charge >= 0.3 is 0 Å². The van der Waals surface area contributed by atoms with Gasteiger partial charge in [0.05, 0.1) is 0 Å². The van der Waals surface area contributed by atoms with Gasteiger partial charge in [0.1, 0.15) is 17.6 Å². The number of hydrogen-bond acceptors (Lipinski definition) is 2. The van der Waals surface area contributed by atoms with Gasteiger partial charge in [-0.2, -0.15) is 0 Å². The number of benzene rings is 1. The van der Waals surface area contributed by atoms with Crippen LogP contribution in [0.25, 0.3) is 0 Å². The Balaban J connectivity index is 2.22. The summed E-state index contributed by atoms with van der Waals surface area (Å²) in [6, 6.07) is 11.7. The fraction of sp³-hybridized carbons (Fsp3) is 0.333. The molecule has 0 saturated heterocycles. The van der Waals surface area contributed by atoms with E-state index in [1.807, 2.05) is 31.2 Å². The van der Waals surface area contributed by atoms with Crippen LogP contribution in [0.5, 0.6) is 0 Å². The molecule has 0 unspecified atom stereocenters. The highest BCUT2D eigenvalue weighted by Crippen LogP contribution is 2.25. The van der Waals surface area contributed by atoms with Gasteiger partial charge in [-0.05, 0) is 36.1 Å². The smallest absolute Gasteiger partial charge is 0.137 e. The van der Waals surface area contributed by atoms with Crippen molar-refractivity contribution < 1.29 is 9.52 Å². The van der Waals surface area contributed by atoms with E-state index in [-0.39, 0.29) is 0 Å². The van der Waals surface area contributed by atoms with E-state index < -0.39 is 6.10 Å². The minimum Gasteiger partial charge on any atom is -0.463 e. The fourth-order valence-electron chi connectivity index (χ4n) is 1.83. The highest BCUT2D eigenvalue weighted by atomic mass is 16.4. The molecule has 2 aromatic rings. The Bertz CT molecular complexity index is 480. The van der Waals surface area contributed by atoms with Crippen molar-refractivity contribution in [3.05, 3.63) is 59.0 Å². The zero-order chi connectivity index (χ0) is 12.4. The molecule has 2 rings (SSSR count). The molecular weight excluding hydrogens is 212 g/mol. The van der Waals surface area contributed by atoms with Gasteiger partial charge in [-0.25, -0.2) is 0 Å². The molecule has 0 radical (unpaired) electrons. The molecule has 2 nitrogen and oxygen atoms in total. The molecule has 0 aliphatic carbocycles. The largest absolute Gasteiger partial charge is 0.463 e. The molecule has 1 heterocycles. The molecule has 0 aliphatic heterocycles. The highest BCUT2D eigenvalue weighted by molar-refractivity contribution is 5.29. The Kier molecular flexibility index (Phi) is 3.34. The van der Waals surface area contributed by atoms with Crippen LogP contribution in [0, 0.1) is 6.92 Å². The molecule has 0 amide bonds. The van der Waals surface area contributed by atoms with E-state index in [0.717, 1.165) is 11.3 Å². The van der Waals surface area contributed by atoms with Crippen LogP contribution < -0.4 is 0 Å². The first kappa shape index (κ1) is 11.9. The molecule has 90 valence electrons. The second-order valence-corrected chi connectivity index (χ2v) is 4.67. The zero-order valence-electron chi connectivity index (χ0n) is 10.5. The van der Waals surface area contributed by atoms with Crippen LogP contribution in [0.1, 0.15) is 48.5 Å². The minimum absolute atomic E-state index is 0.507. The van der Waals surface area contributed by atoms with Crippen molar-refractivity contribution in [1.82, 2.24) is 0 Å². The molecule has 0 bridgehead atoms. The third kappa shape index (κ3) is 2.59. The summed E-state index contributed by atoms with van der Waals surface area (Å²) in [6.07, 6.45) is -0.676. The first-order valence-corrected chi connectivity index (χ1v) is 5.92. The third-order valence-corrected chi connectivity index (χ3v) is 2.95. The predicted octanol–water partition coefficient (Wildman–Crippen LogP) is 3.79. The first-order valence-electron chi connectivity index (χ1n) is 5.92. The average molecular weight is 230 g/mol. The Morgan fingerprint density at radius 2 is 1.53 bits per heavy atom. The van der Waals surface area contributed by atoms with Crippen LogP contribution in [-0.2, 0) is 0 Å². The van der Waals surface area contributed by atoms with Crippen LogP contribution in [0.3, 0.4) is 0 Å². The highest BCUT2D eigenvalue weighted by Gasteiger charge is 2.14. The Morgan fingerprint density at radius 3 is 2.00 bits per heavy atom.